The molecule has 0 heterocycles. The van der Waals surface area contributed by atoms with E-state index in [1.54, 1.807) is 0 Å². The van der Waals surface area contributed by atoms with Gasteiger partial charge in [-0.05, 0) is 62.1 Å². The van der Waals surface area contributed by atoms with Crippen LogP contribution in [0.25, 0.3) is 0 Å². The molecule has 2 nitrogen and oxygen atoms in total. The summed E-state index contributed by atoms with van der Waals surface area (Å²) in [7, 11) is 0. The van der Waals surface area contributed by atoms with Crippen LogP contribution in [0.15, 0.2) is 45.3 Å². The standard InChI is InChI=1S/C11H12BrN.C9H8BrN/c1-8-6-9(4-5-10(8)12)11(2,3)7-13;1-7-6-8(4-5-11)2-3-9(7)10/h4-6H,1-3H3;2-3,6H,4H2,1H3. The van der Waals surface area contributed by atoms with Crippen LogP contribution in [0.1, 0.15) is 36.1 Å². The average Bonchev–Trinajstić information content (AvgIpc) is 2.54. The smallest absolute Gasteiger partial charge is 0.0766 e. The maximum atomic E-state index is 8.95. The number of halogens is 2. The first kappa shape index (κ1) is 20.4. The summed E-state index contributed by atoms with van der Waals surface area (Å²) in [5, 5.41) is 17.4. The zero-order valence-corrected chi connectivity index (χ0v) is 17.5. The fraction of sp³-hybridized carbons (Fsp3) is 0.300. The predicted octanol–water partition coefficient (Wildman–Crippen LogP) is 6.38. The van der Waals surface area contributed by atoms with Gasteiger partial charge in [-0.15, -0.1) is 0 Å². The van der Waals surface area contributed by atoms with Crippen molar-refractivity contribution in [3.8, 4) is 12.1 Å². The average molecular weight is 448 g/mol. The summed E-state index contributed by atoms with van der Waals surface area (Å²) in [6, 6.07) is 16.4. The third-order valence-corrected chi connectivity index (χ3v) is 5.44. The summed E-state index contributed by atoms with van der Waals surface area (Å²) in [6.07, 6.45) is 0.494. The van der Waals surface area contributed by atoms with Crippen LogP contribution < -0.4 is 0 Å². The topological polar surface area (TPSA) is 47.6 Å². The van der Waals surface area contributed by atoms with E-state index >= 15 is 0 Å². The molecule has 0 amide bonds. The molecule has 0 bridgehead atoms. The van der Waals surface area contributed by atoms with Gasteiger partial charge in [0.05, 0.1) is 24.0 Å². The molecule has 0 aliphatic carbocycles. The highest BCUT2D eigenvalue weighted by molar-refractivity contribution is 9.10. The van der Waals surface area contributed by atoms with E-state index in [4.69, 9.17) is 10.5 Å². The SMILES string of the molecule is Cc1cc(C(C)(C)C#N)ccc1Br.Cc1cc(CC#N)ccc1Br. The van der Waals surface area contributed by atoms with Gasteiger partial charge in [-0.25, -0.2) is 0 Å². The van der Waals surface area contributed by atoms with Crippen LogP contribution in [-0.2, 0) is 11.8 Å². The minimum absolute atomic E-state index is 0.397. The number of rotatable bonds is 2. The molecule has 2 aromatic rings. The summed E-state index contributed by atoms with van der Waals surface area (Å²) >= 11 is 6.83. The monoisotopic (exact) mass is 446 g/mol. The molecule has 0 radical (unpaired) electrons. The molecule has 0 aliphatic heterocycles. The summed E-state index contributed by atoms with van der Waals surface area (Å²) in [5.74, 6) is 0. The van der Waals surface area contributed by atoms with E-state index in [2.05, 4.69) is 44.0 Å². The first-order chi connectivity index (χ1) is 11.2. The van der Waals surface area contributed by atoms with Gasteiger partial charge in [0, 0.05) is 8.95 Å². The van der Waals surface area contributed by atoms with Crippen LogP contribution in [0, 0.1) is 36.5 Å². The van der Waals surface area contributed by atoms with Gasteiger partial charge >= 0.3 is 0 Å². The second-order valence-electron chi connectivity index (χ2n) is 6.12. The largest absolute Gasteiger partial charge is 0.198 e. The van der Waals surface area contributed by atoms with E-state index in [1.807, 2.05) is 64.1 Å². The third kappa shape index (κ3) is 5.78. The third-order valence-electron chi connectivity index (χ3n) is 3.66. The second kappa shape index (κ2) is 9.02. The number of benzene rings is 2. The highest BCUT2D eigenvalue weighted by Crippen LogP contribution is 2.26. The molecule has 124 valence electrons. The van der Waals surface area contributed by atoms with Crippen molar-refractivity contribution >= 4 is 31.9 Å². The van der Waals surface area contributed by atoms with E-state index in [0.717, 1.165) is 20.1 Å². The van der Waals surface area contributed by atoms with Gasteiger partial charge in [0.25, 0.3) is 0 Å². The zero-order chi connectivity index (χ0) is 18.3. The van der Waals surface area contributed by atoms with Crippen molar-refractivity contribution in [2.45, 2.75) is 39.5 Å². The highest BCUT2D eigenvalue weighted by Gasteiger charge is 2.19. The van der Waals surface area contributed by atoms with Crippen LogP contribution in [-0.4, -0.2) is 0 Å². The molecule has 0 aromatic heterocycles. The fourth-order valence-electron chi connectivity index (χ4n) is 2.01. The number of nitriles is 2. The highest BCUT2D eigenvalue weighted by atomic mass is 79.9. The number of aryl methyl sites for hydroxylation is 2. The Morgan fingerprint density at radius 3 is 1.92 bits per heavy atom. The Bertz CT molecular complexity index is 796. The Morgan fingerprint density at radius 2 is 1.46 bits per heavy atom. The first-order valence-corrected chi connectivity index (χ1v) is 9.09. The van der Waals surface area contributed by atoms with Crippen molar-refractivity contribution in [1.82, 2.24) is 0 Å². The van der Waals surface area contributed by atoms with Crippen molar-refractivity contribution in [3.05, 3.63) is 67.6 Å². The summed E-state index contributed by atoms with van der Waals surface area (Å²) < 4.78 is 2.18. The molecule has 0 atom stereocenters. The van der Waals surface area contributed by atoms with Gasteiger partial charge in [-0.1, -0.05) is 56.1 Å². The van der Waals surface area contributed by atoms with E-state index in [1.165, 1.54) is 11.1 Å². The minimum Gasteiger partial charge on any atom is -0.198 e. The Kier molecular flexibility index (Phi) is 7.67. The maximum absolute atomic E-state index is 8.95. The summed E-state index contributed by atoms with van der Waals surface area (Å²) in [4.78, 5) is 0. The Morgan fingerprint density at radius 1 is 0.917 bits per heavy atom. The Hall–Kier alpha value is -1.62. The van der Waals surface area contributed by atoms with E-state index in [0.29, 0.717) is 6.42 Å². The number of hydrogen-bond donors (Lipinski definition) is 0. The number of hydrogen-bond acceptors (Lipinski definition) is 2. The molecular formula is C20H20Br2N2. The van der Waals surface area contributed by atoms with Crippen LogP contribution in [0.2, 0.25) is 0 Å². The van der Waals surface area contributed by atoms with Crippen LogP contribution in [0.3, 0.4) is 0 Å². The molecule has 4 heteroatoms. The molecule has 0 fully saturated rings. The molecule has 0 saturated carbocycles. The van der Waals surface area contributed by atoms with Crippen molar-refractivity contribution in [2.75, 3.05) is 0 Å². The molecule has 0 N–H and O–H groups in total. The van der Waals surface area contributed by atoms with Gasteiger partial charge in [-0.2, -0.15) is 10.5 Å². The number of nitrogens with zero attached hydrogens (tertiary/aromatic N) is 2. The Balaban J connectivity index is 0.000000243. The fourth-order valence-corrected chi connectivity index (χ4v) is 2.50. The van der Waals surface area contributed by atoms with Gasteiger partial charge in [-0.3, -0.25) is 0 Å². The lowest BCUT2D eigenvalue weighted by Crippen LogP contribution is -2.13. The maximum Gasteiger partial charge on any atom is 0.0766 e. The normalized spacial score (nSPS) is 10.2. The van der Waals surface area contributed by atoms with E-state index in [-0.39, 0.29) is 0 Å². The van der Waals surface area contributed by atoms with Gasteiger partial charge in [0.15, 0.2) is 0 Å². The molecule has 2 aromatic carbocycles. The molecule has 2 rings (SSSR count). The molecule has 24 heavy (non-hydrogen) atoms. The van der Waals surface area contributed by atoms with Gasteiger partial charge in [0.1, 0.15) is 0 Å². The summed E-state index contributed by atoms with van der Waals surface area (Å²) in [5.41, 5.74) is 4.09. The van der Waals surface area contributed by atoms with Crippen LogP contribution in [0.5, 0.6) is 0 Å². The van der Waals surface area contributed by atoms with Crippen LogP contribution >= 0.6 is 31.9 Å². The lowest BCUT2D eigenvalue weighted by atomic mass is 9.86. The molecular weight excluding hydrogens is 428 g/mol. The van der Waals surface area contributed by atoms with Crippen molar-refractivity contribution < 1.29 is 0 Å². The van der Waals surface area contributed by atoms with Gasteiger partial charge < -0.3 is 0 Å². The molecule has 0 unspecified atom stereocenters. The van der Waals surface area contributed by atoms with E-state index < -0.39 is 5.41 Å². The molecule has 0 aliphatic rings. The van der Waals surface area contributed by atoms with Crippen LogP contribution in [0.4, 0.5) is 0 Å². The van der Waals surface area contributed by atoms with Crippen molar-refractivity contribution in [1.29, 1.82) is 10.5 Å². The lowest BCUT2D eigenvalue weighted by Gasteiger charge is -2.16. The summed E-state index contributed by atoms with van der Waals surface area (Å²) in [6.45, 7) is 7.90. The molecule has 0 spiro atoms. The van der Waals surface area contributed by atoms with Gasteiger partial charge in [0.2, 0.25) is 0 Å². The van der Waals surface area contributed by atoms with Crippen molar-refractivity contribution in [2.24, 2.45) is 0 Å². The minimum atomic E-state index is -0.397. The zero-order valence-electron chi connectivity index (χ0n) is 14.3. The first-order valence-electron chi connectivity index (χ1n) is 7.51. The predicted molar refractivity (Wildman–Crippen MR) is 106 cm³/mol. The van der Waals surface area contributed by atoms with Crippen molar-refractivity contribution in [3.63, 3.8) is 0 Å². The molecule has 0 saturated heterocycles. The van der Waals surface area contributed by atoms with E-state index in [9.17, 15) is 0 Å². The second-order valence-corrected chi connectivity index (χ2v) is 7.83. The lowest BCUT2D eigenvalue weighted by molar-refractivity contribution is 0.686. The Labute approximate surface area is 161 Å². The quantitative estimate of drug-likeness (QED) is 0.535.